The molecular weight excluding hydrogens is 312 g/mol. The lowest BCUT2D eigenvalue weighted by molar-refractivity contribution is -0.108. The second kappa shape index (κ2) is 6.65. The van der Waals surface area contributed by atoms with Crippen molar-refractivity contribution in [1.82, 2.24) is 10.3 Å². The van der Waals surface area contributed by atoms with Gasteiger partial charge in [-0.1, -0.05) is 0 Å². The molecule has 104 valence electrons. The Morgan fingerprint density at radius 1 is 1.53 bits per heavy atom. The molecule has 0 unspecified atom stereocenters. The van der Waals surface area contributed by atoms with E-state index in [0.29, 0.717) is 5.69 Å². The van der Waals surface area contributed by atoms with Gasteiger partial charge >= 0.3 is 6.09 Å². The molecule has 1 aromatic rings. The van der Waals surface area contributed by atoms with Crippen LogP contribution in [0.15, 0.2) is 22.8 Å². The summed E-state index contributed by atoms with van der Waals surface area (Å²) >= 11 is 3.28. The molecule has 1 heterocycles. The van der Waals surface area contributed by atoms with E-state index in [-0.39, 0.29) is 6.42 Å². The molecule has 0 aliphatic heterocycles. The normalized spacial score (nSPS) is 12.6. The number of amides is 1. The third kappa shape index (κ3) is 5.83. The standard InChI is InChI=1S/C13H17BrN2O3/c1-13(2,3)19-12(18)16-11(6-7-17)10-5-4-9(14)8-15-10/h4-5,7-8,11H,6H2,1-3H3,(H,16,18)/t11-/m0/s1. The van der Waals surface area contributed by atoms with E-state index in [4.69, 9.17) is 4.74 Å². The largest absolute Gasteiger partial charge is 0.444 e. The van der Waals surface area contributed by atoms with Gasteiger partial charge in [0.2, 0.25) is 0 Å². The second-order valence-electron chi connectivity index (χ2n) is 5.00. The number of carbonyl (C=O) groups excluding carboxylic acids is 2. The number of pyridine rings is 1. The molecule has 19 heavy (non-hydrogen) atoms. The van der Waals surface area contributed by atoms with Crippen LogP contribution in [0.4, 0.5) is 4.79 Å². The van der Waals surface area contributed by atoms with Crippen molar-refractivity contribution in [3.63, 3.8) is 0 Å². The van der Waals surface area contributed by atoms with Gasteiger partial charge in [-0.3, -0.25) is 4.98 Å². The average Bonchev–Trinajstić information content (AvgIpc) is 2.27. The maximum atomic E-state index is 11.7. The summed E-state index contributed by atoms with van der Waals surface area (Å²) in [4.78, 5) is 26.6. The number of hydrogen-bond acceptors (Lipinski definition) is 4. The maximum absolute atomic E-state index is 11.7. The Morgan fingerprint density at radius 3 is 2.68 bits per heavy atom. The van der Waals surface area contributed by atoms with Crippen molar-refractivity contribution >= 4 is 28.3 Å². The van der Waals surface area contributed by atoms with Crippen molar-refractivity contribution in [3.05, 3.63) is 28.5 Å². The van der Waals surface area contributed by atoms with Crippen LogP contribution in [0.1, 0.15) is 38.9 Å². The van der Waals surface area contributed by atoms with E-state index in [2.05, 4.69) is 26.2 Å². The number of nitrogens with one attached hydrogen (secondary N) is 1. The summed E-state index contributed by atoms with van der Waals surface area (Å²) in [6.07, 6.45) is 1.94. The lowest BCUT2D eigenvalue weighted by Crippen LogP contribution is -2.35. The lowest BCUT2D eigenvalue weighted by Gasteiger charge is -2.22. The highest BCUT2D eigenvalue weighted by atomic mass is 79.9. The molecule has 1 amide bonds. The predicted octanol–water partition coefficient (Wildman–Crippen LogP) is 3.00. The van der Waals surface area contributed by atoms with E-state index in [9.17, 15) is 9.59 Å². The number of hydrogen-bond donors (Lipinski definition) is 1. The van der Waals surface area contributed by atoms with E-state index in [1.54, 1.807) is 39.1 Å². The van der Waals surface area contributed by atoms with Gasteiger partial charge in [-0.2, -0.15) is 0 Å². The van der Waals surface area contributed by atoms with Crippen LogP contribution in [0.3, 0.4) is 0 Å². The molecule has 0 spiro atoms. The van der Waals surface area contributed by atoms with Gasteiger partial charge in [0.05, 0.1) is 11.7 Å². The van der Waals surface area contributed by atoms with Crippen molar-refractivity contribution in [1.29, 1.82) is 0 Å². The number of rotatable bonds is 4. The predicted molar refractivity (Wildman–Crippen MR) is 74.7 cm³/mol. The molecule has 0 fully saturated rings. The smallest absolute Gasteiger partial charge is 0.408 e. The molecule has 1 N–H and O–H groups in total. The second-order valence-corrected chi connectivity index (χ2v) is 5.92. The summed E-state index contributed by atoms with van der Waals surface area (Å²) in [5, 5.41) is 2.64. The maximum Gasteiger partial charge on any atom is 0.408 e. The summed E-state index contributed by atoms with van der Waals surface area (Å²) in [5.74, 6) is 0. The van der Waals surface area contributed by atoms with E-state index in [1.165, 1.54) is 0 Å². The molecule has 6 heteroatoms. The third-order valence-electron chi connectivity index (χ3n) is 2.13. The minimum absolute atomic E-state index is 0.147. The molecular formula is C13H17BrN2O3. The van der Waals surface area contributed by atoms with Crippen LogP contribution in [-0.2, 0) is 9.53 Å². The third-order valence-corrected chi connectivity index (χ3v) is 2.60. The summed E-state index contributed by atoms with van der Waals surface area (Å²) in [5.41, 5.74) is 0.0318. The topological polar surface area (TPSA) is 68.3 Å². The zero-order valence-corrected chi connectivity index (χ0v) is 12.7. The molecule has 0 aliphatic carbocycles. The van der Waals surface area contributed by atoms with Gasteiger partial charge in [0, 0.05) is 17.1 Å². The van der Waals surface area contributed by atoms with Crippen LogP contribution < -0.4 is 5.32 Å². The van der Waals surface area contributed by atoms with Crippen LogP contribution in [0.2, 0.25) is 0 Å². The quantitative estimate of drug-likeness (QED) is 0.862. The minimum Gasteiger partial charge on any atom is -0.444 e. The number of aldehydes is 1. The van der Waals surface area contributed by atoms with Crippen molar-refractivity contribution in [2.75, 3.05) is 0 Å². The van der Waals surface area contributed by atoms with Crippen LogP contribution in [-0.4, -0.2) is 23.0 Å². The Hall–Kier alpha value is -1.43. The molecule has 5 nitrogen and oxygen atoms in total. The fourth-order valence-electron chi connectivity index (χ4n) is 1.39. The Kier molecular flexibility index (Phi) is 5.47. The van der Waals surface area contributed by atoms with Gasteiger partial charge in [0.25, 0.3) is 0 Å². The Balaban J connectivity index is 2.75. The number of nitrogens with zero attached hydrogens (tertiary/aromatic N) is 1. The van der Waals surface area contributed by atoms with Crippen molar-refractivity contribution in [2.45, 2.75) is 38.8 Å². The SMILES string of the molecule is CC(C)(C)OC(=O)N[C@@H](CC=O)c1ccc(Br)cn1. The van der Waals surface area contributed by atoms with Crippen molar-refractivity contribution < 1.29 is 14.3 Å². The number of aromatic nitrogens is 1. The van der Waals surface area contributed by atoms with E-state index >= 15 is 0 Å². The highest BCUT2D eigenvalue weighted by molar-refractivity contribution is 9.10. The zero-order valence-electron chi connectivity index (χ0n) is 11.1. The van der Waals surface area contributed by atoms with Gasteiger partial charge in [-0.05, 0) is 48.8 Å². The molecule has 0 saturated carbocycles. The highest BCUT2D eigenvalue weighted by Gasteiger charge is 2.21. The van der Waals surface area contributed by atoms with Crippen LogP contribution in [0.25, 0.3) is 0 Å². The highest BCUT2D eigenvalue weighted by Crippen LogP contribution is 2.17. The van der Waals surface area contributed by atoms with E-state index in [1.807, 2.05) is 0 Å². The summed E-state index contributed by atoms with van der Waals surface area (Å²) in [7, 11) is 0. The van der Waals surface area contributed by atoms with Crippen molar-refractivity contribution in [2.24, 2.45) is 0 Å². The Labute approximate surface area is 120 Å². The van der Waals surface area contributed by atoms with Gasteiger partial charge < -0.3 is 14.8 Å². The first-order valence-corrected chi connectivity index (χ1v) is 6.66. The van der Waals surface area contributed by atoms with E-state index < -0.39 is 17.7 Å². The fourth-order valence-corrected chi connectivity index (χ4v) is 1.63. The number of alkyl carbamates (subject to hydrolysis) is 1. The van der Waals surface area contributed by atoms with Gasteiger partial charge in [-0.25, -0.2) is 4.79 Å². The summed E-state index contributed by atoms with van der Waals surface area (Å²) in [6.45, 7) is 5.33. The Bertz CT molecular complexity index is 440. The zero-order chi connectivity index (χ0) is 14.5. The van der Waals surface area contributed by atoms with Crippen LogP contribution in [0, 0.1) is 0 Å². The lowest BCUT2D eigenvalue weighted by atomic mass is 10.1. The monoisotopic (exact) mass is 328 g/mol. The fraction of sp³-hybridized carbons (Fsp3) is 0.462. The van der Waals surface area contributed by atoms with E-state index in [0.717, 1.165) is 10.8 Å². The molecule has 1 rings (SSSR count). The Morgan fingerprint density at radius 2 is 2.21 bits per heavy atom. The molecule has 1 atom stereocenters. The number of halogens is 1. The first kappa shape index (κ1) is 15.6. The summed E-state index contributed by atoms with van der Waals surface area (Å²) in [6, 6.07) is 3.06. The number of ether oxygens (including phenoxy) is 1. The molecule has 0 bridgehead atoms. The van der Waals surface area contributed by atoms with Crippen LogP contribution >= 0.6 is 15.9 Å². The molecule has 0 saturated heterocycles. The molecule has 1 aromatic heterocycles. The molecule has 0 aliphatic rings. The van der Waals surface area contributed by atoms with Crippen LogP contribution in [0.5, 0.6) is 0 Å². The minimum atomic E-state index is -0.580. The average molecular weight is 329 g/mol. The first-order chi connectivity index (χ1) is 8.81. The van der Waals surface area contributed by atoms with Crippen molar-refractivity contribution in [3.8, 4) is 0 Å². The first-order valence-electron chi connectivity index (χ1n) is 5.86. The van der Waals surface area contributed by atoms with Gasteiger partial charge in [0.1, 0.15) is 11.9 Å². The number of carbonyl (C=O) groups is 2. The van der Waals surface area contributed by atoms with Gasteiger partial charge in [-0.15, -0.1) is 0 Å². The molecule has 0 radical (unpaired) electrons. The van der Waals surface area contributed by atoms with Gasteiger partial charge in [0.15, 0.2) is 0 Å². The molecule has 0 aromatic carbocycles. The summed E-state index contributed by atoms with van der Waals surface area (Å²) < 4.78 is 5.99.